The summed E-state index contributed by atoms with van der Waals surface area (Å²) in [6.45, 7) is 4.83. The molecule has 88 valence electrons. The van der Waals surface area contributed by atoms with Crippen molar-refractivity contribution in [1.29, 1.82) is 0 Å². The van der Waals surface area contributed by atoms with Crippen molar-refractivity contribution in [3.05, 3.63) is 15.6 Å². The highest BCUT2D eigenvalue weighted by atomic mass is 32.1. The number of rotatable bonds is 5. The zero-order chi connectivity index (χ0) is 11.5. The van der Waals surface area contributed by atoms with Gasteiger partial charge in [0.05, 0.1) is 12.3 Å². The Balaban J connectivity index is 1.98. The van der Waals surface area contributed by atoms with E-state index in [1.807, 2.05) is 13.8 Å². The molecule has 1 aliphatic rings. The predicted molar refractivity (Wildman–Crippen MR) is 62.7 cm³/mol. The molecule has 1 saturated carbocycles. The molecule has 0 aliphatic heterocycles. The van der Waals surface area contributed by atoms with Crippen molar-refractivity contribution in [1.82, 2.24) is 10.3 Å². The molecule has 1 aromatic heterocycles. The topological polar surface area (TPSA) is 51.2 Å². The largest absolute Gasteiger partial charge is 0.462 e. The molecule has 2 rings (SSSR count). The summed E-state index contributed by atoms with van der Waals surface area (Å²) in [6.07, 6.45) is 2.52. The van der Waals surface area contributed by atoms with Crippen LogP contribution in [-0.2, 0) is 11.3 Å². The SMILES string of the molecule is CCOC(=O)c1sc(CNC2CC2)nc1C. The van der Waals surface area contributed by atoms with E-state index in [1.54, 1.807) is 0 Å². The highest BCUT2D eigenvalue weighted by molar-refractivity contribution is 7.13. The van der Waals surface area contributed by atoms with E-state index in [1.165, 1.54) is 24.2 Å². The first-order valence-electron chi connectivity index (χ1n) is 5.57. The van der Waals surface area contributed by atoms with Gasteiger partial charge in [-0.25, -0.2) is 9.78 Å². The molecule has 0 aromatic carbocycles. The Bertz CT molecular complexity index is 385. The number of hydrogen-bond acceptors (Lipinski definition) is 5. The number of nitrogens with zero attached hydrogens (tertiary/aromatic N) is 1. The van der Waals surface area contributed by atoms with E-state index in [0.29, 0.717) is 17.5 Å². The minimum atomic E-state index is -0.254. The number of aryl methyl sites for hydroxylation is 1. The van der Waals surface area contributed by atoms with Gasteiger partial charge in [0.1, 0.15) is 9.88 Å². The van der Waals surface area contributed by atoms with Gasteiger partial charge in [-0.2, -0.15) is 0 Å². The van der Waals surface area contributed by atoms with E-state index in [4.69, 9.17) is 4.74 Å². The molecule has 0 atom stereocenters. The van der Waals surface area contributed by atoms with E-state index in [9.17, 15) is 4.79 Å². The van der Waals surface area contributed by atoms with Crippen LogP contribution in [0.4, 0.5) is 0 Å². The van der Waals surface area contributed by atoms with Gasteiger partial charge in [0.15, 0.2) is 0 Å². The highest BCUT2D eigenvalue weighted by Gasteiger charge is 2.22. The number of carbonyl (C=O) groups is 1. The van der Waals surface area contributed by atoms with Gasteiger partial charge in [0, 0.05) is 12.6 Å². The lowest BCUT2D eigenvalue weighted by Gasteiger charge is -1.98. The number of ether oxygens (including phenoxy) is 1. The van der Waals surface area contributed by atoms with Crippen LogP contribution < -0.4 is 5.32 Å². The molecule has 1 fully saturated rings. The van der Waals surface area contributed by atoms with Crippen molar-refractivity contribution in [3.63, 3.8) is 0 Å². The lowest BCUT2D eigenvalue weighted by molar-refractivity contribution is 0.0531. The standard InChI is InChI=1S/C11H16N2O2S/c1-3-15-11(14)10-7(2)13-9(16-10)6-12-8-4-5-8/h8,12H,3-6H2,1-2H3. The Morgan fingerprint density at radius 1 is 1.62 bits per heavy atom. The summed E-state index contributed by atoms with van der Waals surface area (Å²) in [5.41, 5.74) is 0.774. The first kappa shape index (κ1) is 11.5. The molecular formula is C11H16N2O2S. The molecule has 0 unspecified atom stereocenters. The molecular weight excluding hydrogens is 224 g/mol. The van der Waals surface area contributed by atoms with Gasteiger partial charge in [0.25, 0.3) is 0 Å². The number of esters is 1. The number of aromatic nitrogens is 1. The van der Waals surface area contributed by atoms with E-state index < -0.39 is 0 Å². The molecule has 5 heteroatoms. The second-order valence-corrected chi connectivity index (χ2v) is 4.98. The van der Waals surface area contributed by atoms with E-state index >= 15 is 0 Å². The van der Waals surface area contributed by atoms with Crippen LogP contribution in [0.5, 0.6) is 0 Å². The van der Waals surface area contributed by atoms with Crippen LogP contribution >= 0.6 is 11.3 Å². The Labute approximate surface area is 99.0 Å². The maximum absolute atomic E-state index is 11.6. The van der Waals surface area contributed by atoms with Crippen LogP contribution in [0.2, 0.25) is 0 Å². The Morgan fingerprint density at radius 2 is 2.38 bits per heavy atom. The van der Waals surface area contributed by atoms with Crippen molar-refractivity contribution in [3.8, 4) is 0 Å². The number of thiazole rings is 1. The monoisotopic (exact) mass is 240 g/mol. The smallest absolute Gasteiger partial charge is 0.350 e. The number of nitrogens with one attached hydrogen (secondary N) is 1. The summed E-state index contributed by atoms with van der Waals surface area (Å²) in [4.78, 5) is 16.6. The summed E-state index contributed by atoms with van der Waals surface area (Å²) in [6, 6.07) is 0.662. The second-order valence-electron chi connectivity index (χ2n) is 3.90. The van der Waals surface area contributed by atoms with Crippen molar-refractivity contribution in [2.75, 3.05) is 6.61 Å². The predicted octanol–water partition coefficient (Wildman–Crippen LogP) is 1.88. The van der Waals surface area contributed by atoms with Gasteiger partial charge in [0.2, 0.25) is 0 Å². The molecule has 1 aromatic rings. The van der Waals surface area contributed by atoms with E-state index in [2.05, 4.69) is 10.3 Å². The van der Waals surface area contributed by atoms with Crippen LogP contribution in [0, 0.1) is 6.92 Å². The summed E-state index contributed by atoms with van der Waals surface area (Å²) >= 11 is 1.43. The minimum Gasteiger partial charge on any atom is -0.462 e. The molecule has 4 nitrogen and oxygen atoms in total. The number of hydrogen-bond donors (Lipinski definition) is 1. The van der Waals surface area contributed by atoms with Gasteiger partial charge < -0.3 is 10.1 Å². The normalized spacial score (nSPS) is 15.1. The van der Waals surface area contributed by atoms with Gasteiger partial charge in [-0.3, -0.25) is 0 Å². The fourth-order valence-electron chi connectivity index (χ4n) is 1.43. The van der Waals surface area contributed by atoms with Crippen LogP contribution in [0.3, 0.4) is 0 Å². The summed E-state index contributed by atoms with van der Waals surface area (Å²) in [5, 5.41) is 4.35. The van der Waals surface area contributed by atoms with Crippen LogP contribution in [0.25, 0.3) is 0 Å². The first-order chi connectivity index (χ1) is 7.70. The molecule has 1 aliphatic carbocycles. The summed E-state index contributed by atoms with van der Waals surface area (Å²) in [5.74, 6) is -0.254. The lowest BCUT2D eigenvalue weighted by atomic mass is 10.4. The van der Waals surface area contributed by atoms with Gasteiger partial charge in [-0.05, 0) is 26.7 Å². The maximum Gasteiger partial charge on any atom is 0.350 e. The van der Waals surface area contributed by atoms with Crippen LogP contribution in [0.1, 0.15) is 40.1 Å². The molecule has 1 heterocycles. The average molecular weight is 240 g/mol. The van der Waals surface area contributed by atoms with Gasteiger partial charge in [-0.1, -0.05) is 0 Å². The molecule has 0 bridgehead atoms. The lowest BCUT2D eigenvalue weighted by Crippen LogP contribution is -2.14. The molecule has 0 spiro atoms. The Morgan fingerprint density at radius 3 is 3.00 bits per heavy atom. The average Bonchev–Trinajstić information content (AvgIpc) is 3.00. The third-order valence-corrected chi connectivity index (χ3v) is 3.56. The van der Waals surface area contributed by atoms with Crippen LogP contribution in [0.15, 0.2) is 0 Å². The molecule has 0 amide bonds. The van der Waals surface area contributed by atoms with Crippen molar-refractivity contribution >= 4 is 17.3 Å². The van der Waals surface area contributed by atoms with Crippen molar-refractivity contribution in [2.45, 2.75) is 39.3 Å². The summed E-state index contributed by atoms with van der Waals surface area (Å²) < 4.78 is 4.97. The van der Waals surface area contributed by atoms with Crippen LogP contribution in [-0.4, -0.2) is 23.6 Å². The Kier molecular flexibility index (Phi) is 3.56. The maximum atomic E-state index is 11.6. The molecule has 1 N–H and O–H groups in total. The fraction of sp³-hybridized carbons (Fsp3) is 0.636. The molecule has 16 heavy (non-hydrogen) atoms. The second kappa shape index (κ2) is 4.93. The molecule has 0 saturated heterocycles. The summed E-state index contributed by atoms with van der Waals surface area (Å²) in [7, 11) is 0. The van der Waals surface area contributed by atoms with E-state index in [0.717, 1.165) is 17.2 Å². The third-order valence-electron chi connectivity index (χ3n) is 2.42. The molecule has 0 radical (unpaired) electrons. The van der Waals surface area contributed by atoms with E-state index in [-0.39, 0.29) is 5.97 Å². The zero-order valence-corrected chi connectivity index (χ0v) is 10.4. The highest BCUT2D eigenvalue weighted by Crippen LogP contribution is 2.22. The quantitative estimate of drug-likeness (QED) is 0.798. The fourth-order valence-corrected chi connectivity index (χ4v) is 2.34. The zero-order valence-electron chi connectivity index (χ0n) is 9.58. The third kappa shape index (κ3) is 2.80. The Hall–Kier alpha value is -0.940. The first-order valence-corrected chi connectivity index (χ1v) is 6.39. The van der Waals surface area contributed by atoms with Crippen molar-refractivity contribution in [2.24, 2.45) is 0 Å². The number of carbonyl (C=O) groups excluding carboxylic acids is 1. The van der Waals surface area contributed by atoms with Crippen molar-refractivity contribution < 1.29 is 9.53 Å². The van der Waals surface area contributed by atoms with Gasteiger partial charge >= 0.3 is 5.97 Å². The minimum absolute atomic E-state index is 0.254. The van der Waals surface area contributed by atoms with Gasteiger partial charge in [-0.15, -0.1) is 11.3 Å².